The summed E-state index contributed by atoms with van der Waals surface area (Å²) in [4.78, 5) is 4.19. The monoisotopic (exact) mass is 226 g/mol. The number of anilines is 2. The molecule has 0 radical (unpaired) electrons. The van der Waals surface area contributed by atoms with Crippen LogP contribution in [0.4, 0.5) is 10.8 Å². The third kappa shape index (κ3) is 2.43. The molecule has 0 bridgehead atoms. The van der Waals surface area contributed by atoms with Gasteiger partial charge in [-0.2, -0.15) is 4.37 Å². The van der Waals surface area contributed by atoms with Crippen molar-refractivity contribution < 1.29 is 0 Å². The molecule has 0 amide bonds. The van der Waals surface area contributed by atoms with Crippen molar-refractivity contribution in [3.63, 3.8) is 0 Å². The Kier molecular flexibility index (Phi) is 2.95. The zero-order valence-corrected chi connectivity index (χ0v) is 9.07. The SMILES string of the molecule is Nc1cc(NCCc2nccs2)sn1. The van der Waals surface area contributed by atoms with Crippen molar-refractivity contribution >= 4 is 33.7 Å². The van der Waals surface area contributed by atoms with E-state index in [4.69, 9.17) is 5.73 Å². The Labute approximate surface area is 90.0 Å². The average molecular weight is 226 g/mol. The second-order valence-electron chi connectivity index (χ2n) is 2.72. The summed E-state index contributed by atoms with van der Waals surface area (Å²) in [5.74, 6) is 0.576. The van der Waals surface area contributed by atoms with E-state index in [2.05, 4.69) is 14.7 Å². The van der Waals surface area contributed by atoms with Gasteiger partial charge in [-0.15, -0.1) is 11.3 Å². The first kappa shape index (κ1) is 9.42. The van der Waals surface area contributed by atoms with Crippen molar-refractivity contribution in [2.45, 2.75) is 6.42 Å². The van der Waals surface area contributed by atoms with Crippen LogP contribution in [0.2, 0.25) is 0 Å². The third-order valence-corrected chi connectivity index (χ3v) is 3.25. The molecule has 0 saturated heterocycles. The molecule has 6 heteroatoms. The van der Waals surface area contributed by atoms with Gasteiger partial charge in [0.15, 0.2) is 0 Å². The molecule has 0 spiro atoms. The molecule has 74 valence electrons. The molecule has 2 heterocycles. The normalized spacial score (nSPS) is 10.3. The van der Waals surface area contributed by atoms with E-state index in [1.807, 2.05) is 17.6 Å². The highest BCUT2D eigenvalue weighted by molar-refractivity contribution is 7.10. The number of hydrogen-bond donors (Lipinski definition) is 2. The Bertz CT molecular complexity index is 382. The summed E-state index contributed by atoms with van der Waals surface area (Å²) < 4.78 is 3.98. The van der Waals surface area contributed by atoms with Crippen LogP contribution in [0.15, 0.2) is 17.6 Å². The maximum atomic E-state index is 5.49. The lowest BCUT2D eigenvalue weighted by Crippen LogP contribution is -2.02. The average Bonchev–Trinajstić information content (AvgIpc) is 2.77. The summed E-state index contributed by atoms with van der Waals surface area (Å²) in [5.41, 5.74) is 5.49. The van der Waals surface area contributed by atoms with Crippen molar-refractivity contribution in [2.75, 3.05) is 17.6 Å². The fourth-order valence-electron chi connectivity index (χ4n) is 1.04. The molecule has 0 aliphatic carbocycles. The number of hydrogen-bond acceptors (Lipinski definition) is 6. The predicted octanol–water partition coefficient (Wildman–Crippen LogP) is 1.84. The van der Waals surface area contributed by atoms with E-state index in [0.717, 1.165) is 23.0 Å². The maximum absolute atomic E-state index is 5.49. The largest absolute Gasteiger partial charge is 0.383 e. The molecule has 0 aromatic carbocycles. The zero-order chi connectivity index (χ0) is 9.80. The molecular weight excluding hydrogens is 216 g/mol. The molecule has 0 fully saturated rings. The summed E-state index contributed by atoms with van der Waals surface area (Å²) >= 11 is 3.06. The van der Waals surface area contributed by atoms with E-state index in [1.54, 1.807) is 11.3 Å². The van der Waals surface area contributed by atoms with Gasteiger partial charge in [-0.25, -0.2) is 4.98 Å². The first-order valence-electron chi connectivity index (χ1n) is 4.19. The van der Waals surface area contributed by atoms with Gasteiger partial charge in [0, 0.05) is 30.6 Å². The Morgan fingerprint density at radius 1 is 1.50 bits per heavy atom. The lowest BCUT2D eigenvalue weighted by atomic mass is 10.4. The highest BCUT2D eigenvalue weighted by Gasteiger charge is 1.98. The highest BCUT2D eigenvalue weighted by atomic mass is 32.1. The molecule has 0 unspecified atom stereocenters. The summed E-state index contributed by atoms with van der Waals surface area (Å²) in [6, 6.07) is 1.84. The molecule has 0 aliphatic heterocycles. The maximum Gasteiger partial charge on any atom is 0.139 e. The van der Waals surface area contributed by atoms with Crippen LogP contribution in [0, 0.1) is 0 Å². The molecule has 2 rings (SSSR count). The fourth-order valence-corrected chi connectivity index (χ4v) is 2.26. The van der Waals surface area contributed by atoms with Crippen molar-refractivity contribution in [3.05, 3.63) is 22.7 Å². The first-order valence-corrected chi connectivity index (χ1v) is 5.84. The summed E-state index contributed by atoms with van der Waals surface area (Å²) in [6.07, 6.45) is 2.76. The smallest absolute Gasteiger partial charge is 0.139 e. The lowest BCUT2D eigenvalue weighted by molar-refractivity contribution is 1.00. The number of nitrogens with one attached hydrogen (secondary N) is 1. The van der Waals surface area contributed by atoms with E-state index in [9.17, 15) is 0 Å². The molecule has 4 nitrogen and oxygen atoms in total. The van der Waals surface area contributed by atoms with Crippen LogP contribution in [0.25, 0.3) is 0 Å². The minimum absolute atomic E-state index is 0.576. The van der Waals surface area contributed by atoms with E-state index in [1.165, 1.54) is 11.5 Å². The number of nitrogens with zero attached hydrogens (tertiary/aromatic N) is 2. The van der Waals surface area contributed by atoms with Crippen molar-refractivity contribution in [3.8, 4) is 0 Å². The van der Waals surface area contributed by atoms with Crippen LogP contribution in [0.5, 0.6) is 0 Å². The van der Waals surface area contributed by atoms with Crippen molar-refractivity contribution in [1.29, 1.82) is 0 Å². The second kappa shape index (κ2) is 4.39. The number of thiazole rings is 1. The predicted molar refractivity (Wildman–Crippen MR) is 60.8 cm³/mol. The van der Waals surface area contributed by atoms with Gasteiger partial charge in [-0.1, -0.05) is 0 Å². The van der Waals surface area contributed by atoms with E-state index in [0.29, 0.717) is 5.82 Å². The molecule has 0 saturated carbocycles. The molecular formula is C8H10N4S2. The molecule has 3 N–H and O–H groups in total. The van der Waals surface area contributed by atoms with Gasteiger partial charge < -0.3 is 11.1 Å². The van der Waals surface area contributed by atoms with Crippen LogP contribution in [0.3, 0.4) is 0 Å². The third-order valence-electron chi connectivity index (χ3n) is 1.65. The number of aromatic nitrogens is 2. The van der Waals surface area contributed by atoms with Crippen LogP contribution in [0.1, 0.15) is 5.01 Å². The van der Waals surface area contributed by atoms with Gasteiger partial charge in [0.1, 0.15) is 10.8 Å². The number of rotatable bonds is 4. The Morgan fingerprint density at radius 3 is 3.07 bits per heavy atom. The van der Waals surface area contributed by atoms with Gasteiger partial charge in [-0.05, 0) is 11.5 Å². The highest BCUT2D eigenvalue weighted by Crippen LogP contribution is 2.17. The van der Waals surface area contributed by atoms with Crippen LogP contribution < -0.4 is 11.1 Å². The van der Waals surface area contributed by atoms with Crippen molar-refractivity contribution in [2.24, 2.45) is 0 Å². The molecule has 0 aliphatic rings. The van der Waals surface area contributed by atoms with Gasteiger partial charge in [0.05, 0.1) is 5.01 Å². The molecule has 2 aromatic heterocycles. The summed E-state index contributed by atoms with van der Waals surface area (Å²) in [5, 5.41) is 7.39. The Hall–Kier alpha value is -1.14. The number of nitrogens with two attached hydrogens (primary N) is 1. The minimum atomic E-state index is 0.576. The van der Waals surface area contributed by atoms with Crippen molar-refractivity contribution in [1.82, 2.24) is 9.36 Å². The minimum Gasteiger partial charge on any atom is -0.383 e. The quantitative estimate of drug-likeness (QED) is 0.835. The van der Waals surface area contributed by atoms with E-state index < -0.39 is 0 Å². The Balaban J connectivity index is 1.78. The van der Waals surface area contributed by atoms with Crippen LogP contribution >= 0.6 is 22.9 Å². The van der Waals surface area contributed by atoms with E-state index in [-0.39, 0.29) is 0 Å². The molecule has 2 aromatic rings. The van der Waals surface area contributed by atoms with Crippen LogP contribution in [-0.2, 0) is 6.42 Å². The lowest BCUT2D eigenvalue weighted by Gasteiger charge is -1.99. The molecule has 0 atom stereocenters. The van der Waals surface area contributed by atoms with Gasteiger partial charge in [0.2, 0.25) is 0 Å². The summed E-state index contributed by atoms with van der Waals surface area (Å²) in [6.45, 7) is 0.870. The fraction of sp³-hybridized carbons (Fsp3) is 0.250. The zero-order valence-electron chi connectivity index (χ0n) is 7.43. The summed E-state index contributed by atoms with van der Waals surface area (Å²) in [7, 11) is 0. The van der Waals surface area contributed by atoms with Gasteiger partial charge in [0.25, 0.3) is 0 Å². The standard InChI is InChI=1S/C8H10N4S2/c9-6-5-8(14-12-6)10-2-1-7-11-3-4-13-7/h3-5,10H,1-2H2,(H2,9,12). The van der Waals surface area contributed by atoms with Crippen LogP contribution in [-0.4, -0.2) is 15.9 Å². The Morgan fingerprint density at radius 2 is 2.43 bits per heavy atom. The van der Waals surface area contributed by atoms with Gasteiger partial charge >= 0.3 is 0 Å². The topological polar surface area (TPSA) is 63.8 Å². The second-order valence-corrected chi connectivity index (χ2v) is 4.50. The number of nitrogen functional groups attached to an aromatic ring is 1. The van der Waals surface area contributed by atoms with Gasteiger partial charge in [-0.3, -0.25) is 0 Å². The van der Waals surface area contributed by atoms with E-state index >= 15 is 0 Å². The molecule has 14 heavy (non-hydrogen) atoms. The first-order chi connectivity index (χ1) is 6.84.